The predicted molar refractivity (Wildman–Crippen MR) is 117 cm³/mol. The first-order valence-electron chi connectivity index (χ1n) is 9.77. The number of hydrogen-bond donors (Lipinski definition) is 1. The van der Waals surface area contributed by atoms with Crippen molar-refractivity contribution < 1.29 is 14.6 Å². The Balaban J connectivity index is 1.61. The highest BCUT2D eigenvalue weighted by Crippen LogP contribution is 2.32. The molecule has 4 aromatic rings. The summed E-state index contributed by atoms with van der Waals surface area (Å²) in [5, 5.41) is 9.01. The van der Waals surface area contributed by atoms with E-state index in [1.807, 2.05) is 43.3 Å². The molecule has 0 saturated carbocycles. The number of carbonyl (C=O) groups is 1. The average Bonchev–Trinajstić information content (AvgIpc) is 3.11. The number of benzene rings is 3. The molecule has 0 atom stereocenters. The first-order valence-corrected chi connectivity index (χ1v) is 9.77. The molecular formula is C25H22N2O3. The van der Waals surface area contributed by atoms with Gasteiger partial charge in [-0.05, 0) is 31.2 Å². The van der Waals surface area contributed by atoms with Gasteiger partial charge in [-0.15, -0.1) is 0 Å². The van der Waals surface area contributed by atoms with Crippen LogP contribution in [0.5, 0.6) is 5.75 Å². The van der Waals surface area contributed by atoms with Gasteiger partial charge in [0.15, 0.2) is 0 Å². The lowest BCUT2D eigenvalue weighted by Gasteiger charge is -2.13. The monoisotopic (exact) mass is 398 g/mol. The highest BCUT2D eigenvalue weighted by atomic mass is 16.5. The topological polar surface area (TPSA) is 64.4 Å². The van der Waals surface area contributed by atoms with Gasteiger partial charge in [0.1, 0.15) is 18.2 Å². The summed E-state index contributed by atoms with van der Waals surface area (Å²) in [6.07, 6.45) is 0. The molecule has 0 amide bonds. The maximum Gasteiger partial charge on any atom is 0.335 e. The molecule has 0 spiro atoms. The smallest absolute Gasteiger partial charge is 0.335 e. The lowest BCUT2D eigenvalue weighted by atomic mass is 10.0. The van der Waals surface area contributed by atoms with Gasteiger partial charge in [0.05, 0.1) is 23.5 Å². The van der Waals surface area contributed by atoms with Gasteiger partial charge in [-0.3, -0.25) is 0 Å². The summed E-state index contributed by atoms with van der Waals surface area (Å²) in [5.74, 6) is 0.608. The molecule has 0 aliphatic carbocycles. The summed E-state index contributed by atoms with van der Waals surface area (Å²) in [6.45, 7) is 3.06. The van der Waals surface area contributed by atoms with Crippen LogP contribution in [0, 0.1) is 6.92 Å². The van der Waals surface area contributed by atoms with Crippen LogP contribution >= 0.6 is 0 Å². The van der Waals surface area contributed by atoms with Crippen LogP contribution in [0.25, 0.3) is 22.5 Å². The minimum absolute atomic E-state index is 0.242. The molecule has 1 N–H and O–H groups in total. The Bertz CT molecular complexity index is 1130. The summed E-state index contributed by atoms with van der Waals surface area (Å²) in [4.78, 5) is 15.8. The van der Waals surface area contributed by atoms with E-state index in [9.17, 15) is 4.79 Å². The minimum Gasteiger partial charge on any atom is -0.492 e. The normalized spacial score (nSPS) is 10.7. The number of carboxylic acid groups (broad SMARTS) is 1. The van der Waals surface area contributed by atoms with Crippen LogP contribution in [-0.4, -0.2) is 27.2 Å². The quantitative estimate of drug-likeness (QED) is 0.459. The number of rotatable bonds is 7. The zero-order valence-electron chi connectivity index (χ0n) is 16.7. The van der Waals surface area contributed by atoms with Crippen LogP contribution in [0.15, 0.2) is 84.9 Å². The van der Waals surface area contributed by atoms with Crippen LogP contribution < -0.4 is 4.74 Å². The van der Waals surface area contributed by atoms with Crippen molar-refractivity contribution in [2.45, 2.75) is 13.5 Å². The van der Waals surface area contributed by atoms with E-state index in [0.717, 1.165) is 28.3 Å². The number of aryl methyl sites for hydroxylation is 1. The van der Waals surface area contributed by atoms with Crippen molar-refractivity contribution in [3.63, 3.8) is 0 Å². The molecule has 150 valence electrons. The zero-order valence-corrected chi connectivity index (χ0v) is 16.7. The third-order valence-corrected chi connectivity index (χ3v) is 4.94. The van der Waals surface area contributed by atoms with Gasteiger partial charge in [0.25, 0.3) is 0 Å². The van der Waals surface area contributed by atoms with E-state index in [2.05, 4.69) is 28.8 Å². The highest BCUT2D eigenvalue weighted by molar-refractivity contribution is 5.87. The molecule has 0 unspecified atom stereocenters. The minimum atomic E-state index is -0.948. The Morgan fingerprint density at radius 2 is 1.50 bits per heavy atom. The Morgan fingerprint density at radius 3 is 2.10 bits per heavy atom. The number of hydrogen-bond acceptors (Lipinski definition) is 3. The first-order chi connectivity index (χ1) is 14.6. The molecule has 1 aromatic heterocycles. The van der Waals surface area contributed by atoms with Gasteiger partial charge in [-0.1, -0.05) is 60.7 Å². The van der Waals surface area contributed by atoms with Crippen molar-refractivity contribution >= 4 is 5.97 Å². The molecule has 0 bridgehead atoms. The Morgan fingerprint density at radius 1 is 0.900 bits per heavy atom. The molecule has 0 aliphatic heterocycles. The molecular weight excluding hydrogens is 376 g/mol. The molecule has 0 saturated heterocycles. The van der Waals surface area contributed by atoms with Gasteiger partial charge in [-0.25, -0.2) is 9.78 Å². The molecule has 3 aromatic carbocycles. The second kappa shape index (κ2) is 8.66. The Hall–Kier alpha value is -3.86. The van der Waals surface area contributed by atoms with E-state index >= 15 is 0 Å². The Kier molecular flexibility index (Phi) is 5.61. The van der Waals surface area contributed by atoms with E-state index < -0.39 is 5.97 Å². The number of carboxylic acids is 1. The maximum atomic E-state index is 11.0. The van der Waals surface area contributed by atoms with E-state index in [1.54, 1.807) is 24.3 Å². The van der Waals surface area contributed by atoms with Crippen LogP contribution in [0.4, 0.5) is 0 Å². The fourth-order valence-electron chi connectivity index (χ4n) is 3.47. The van der Waals surface area contributed by atoms with Crippen molar-refractivity contribution in [3.8, 4) is 28.3 Å². The molecule has 0 fully saturated rings. The van der Waals surface area contributed by atoms with Crippen LogP contribution in [0.3, 0.4) is 0 Å². The summed E-state index contributed by atoms with van der Waals surface area (Å²) >= 11 is 0. The van der Waals surface area contributed by atoms with Gasteiger partial charge in [-0.2, -0.15) is 0 Å². The highest BCUT2D eigenvalue weighted by Gasteiger charge is 2.17. The SMILES string of the molecule is Cc1nc(-c2ccccc2)c(-c2ccccc2)n1CCOc1ccc(C(=O)O)cc1. The predicted octanol–water partition coefficient (Wildman–Crippen LogP) is 5.30. The van der Waals surface area contributed by atoms with E-state index in [-0.39, 0.29) is 5.56 Å². The third kappa shape index (κ3) is 4.10. The lowest BCUT2D eigenvalue weighted by Crippen LogP contribution is -2.11. The summed E-state index contributed by atoms with van der Waals surface area (Å²) in [5.41, 5.74) is 4.42. The summed E-state index contributed by atoms with van der Waals surface area (Å²) < 4.78 is 8.03. The number of aromatic nitrogens is 2. The van der Waals surface area contributed by atoms with Gasteiger partial charge < -0.3 is 14.4 Å². The molecule has 5 nitrogen and oxygen atoms in total. The lowest BCUT2D eigenvalue weighted by molar-refractivity contribution is 0.0697. The molecule has 1 heterocycles. The second-order valence-corrected chi connectivity index (χ2v) is 6.92. The summed E-state index contributed by atoms with van der Waals surface area (Å²) in [7, 11) is 0. The van der Waals surface area contributed by atoms with Crippen molar-refractivity contribution in [1.82, 2.24) is 9.55 Å². The van der Waals surface area contributed by atoms with Gasteiger partial charge in [0.2, 0.25) is 0 Å². The zero-order chi connectivity index (χ0) is 20.9. The van der Waals surface area contributed by atoms with Crippen LogP contribution in [-0.2, 0) is 6.54 Å². The van der Waals surface area contributed by atoms with E-state index in [1.165, 1.54) is 0 Å². The molecule has 30 heavy (non-hydrogen) atoms. The fourth-order valence-corrected chi connectivity index (χ4v) is 3.47. The molecule has 5 heteroatoms. The van der Waals surface area contributed by atoms with Gasteiger partial charge in [0, 0.05) is 11.1 Å². The second-order valence-electron chi connectivity index (χ2n) is 6.92. The number of aromatic carboxylic acids is 1. The van der Waals surface area contributed by atoms with Crippen molar-refractivity contribution in [2.24, 2.45) is 0 Å². The molecule has 4 rings (SSSR count). The standard InChI is InChI=1S/C25H22N2O3/c1-18-26-23(19-8-4-2-5-9-19)24(20-10-6-3-7-11-20)27(18)16-17-30-22-14-12-21(13-15-22)25(28)29/h2-15H,16-17H2,1H3,(H,28,29). The van der Waals surface area contributed by atoms with Gasteiger partial charge >= 0.3 is 5.97 Å². The number of nitrogens with zero attached hydrogens (tertiary/aromatic N) is 2. The Labute approximate surface area is 175 Å². The fraction of sp³-hybridized carbons (Fsp3) is 0.120. The maximum absolute atomic E-state index is 11.0. The summed E-state index contributed by atoms with van der Waals surface area (Å²) in [6, 6.07) is 26.8. The van der Waals surface area contributed by atoms with Crippen molar-refractivity contribution in [3.05, 3.63) is 96.3 Å². The largest absolute Gasteiger partial charge is 0.492 e. The van der Waals surface area contributed by atoms with Crippen LogP contribution in [0.1, 0.15) is 16.2 Å². The van der Waals surface area contributed by atoms with Crippen LogP contribution in [0.2, 0.25) is 0 Å². The number of imidazole rings is 1. The third-order valence-electron chi connectivity index (χ3n) is 4.94. The van der Waals surface area contributed by atoms with Crippen molar-refractivity contribution in [2.75, 3.05) is 6.61 Å². The van der Waals surface area contributed by atoms with Crippen molar-refractivity contribution in [1.29, 1.82) is 0 Å². The average molecular weight is 398 g/mol. The van der Waals surface area contributed by atoms with E-state index in [0.29, 0.717) is 18.9 Å². The number of ether oxygens (including phenoxy) is 1. The van der Waals surface area contributed by atoms with E-state index in [4.69, 9.17) is 14.8 Å². The molecule has 0 aliphatic rings. The molecule has 0 radical (unpaired) electrons. The first kappa shape index (κ1) is 19.5.